The van der Waals surface area contributed by atoms with Crippen LogP contribution in [0.25, 0.3) is 10.8 Å². The van der Waals surface area contributed by atoms with Crippen LogP contribution in [0.3, 0.4) is 0 Å². The molecule has 0 spiro atoms. The third kappa shape index (κ3) is 3.06. The Morgan fingerprint density at radius 1 is 0.939 bits per heavy atom. The van der Waals surface area contributed by atoms with Crippen LogP contribution in [-0.4, -0.2) is 31.5 Å². The topological polar surface area (TPSA) is 15.5 Å². The van der Waals surface area contributed by atoms with Gasteiger partial charge in [0.2, 0.25) is 5.69 Å². The van der Waals surface area contributed by atoms with Crippen LogP contribution in [0.15, 0.2) is 78.5 Å². The summed E-state index contributed by atoms with van der Waals surface area (Å²) in [5.74, 6) is 0.905. The molecule has 3 heteroatoms. The summed E-state index contributed by atoms with van der Waals surface area (Å²) >= 11 is 0. The van der Waals surface area contributed by atoms with E-state index >= 15 is 0 Å². The van der Waals surface area contributed by atoms with Crippen molar-refractivity contribution in [1.29, 1.82) is 0 Å². The van der Waals surface area contributed by atoms with Crippen LogP contribution in [-0.2, 0) is 10.8 Å². The van der Waals surface area contributed by atoms with E-state index in [0.717, 1.165) is 5.75 Å². The van der Waals surface area contributed by atoms with Gasteiger partial charge in [-0.3, -0.25) is 0 Å². The first-order chi connectivity index (χ1) is 15.7. The number of rotatable bonds is 3. The van der Waals surface area contributed by atoms with Gasteiger partial charge < -0.3 is 9.64 Å². The number of hydrogen-bond acceptors (Lipinski definition) is 2. The van der Waals surface area contributed by atoms with E-state index in [-0.39, 0.29) is 10.8 Å². The predicted octanol–water partition coefficient (Wildman–Crippen LogP) is 6.72. The first-order valence-corrected chi connectivity index (χ1v) is 11.6. The molecule has 0 N–H and O–H groups in total. The van der Waals surface area contributed by atoms with Crippen LogP contribution in [0.5, 0.6) is 5.75 Å². The standard InChI is InChI=1S/C30H33N2O/c1-29(2)23-19-21(33-7)16-18-24(23)31(5)26(29)13-10-14-27-30(3,4)28-22-12-9-8-11-20(22)15-17-25(28)32(27)6/h8-19H,1-7H3/q+1. The Kier molecular flexibility index (Phi) is 4.79. The first kappa shape index (κ1) is 21.5. The van der Waals surface area contributed by atoms with Crippen molar-refractivity contribution in [2.24, 2.45) is 0 Å². The van der Waals surface area contributed by atoms with Crippen molar-refractivity contribution in [2.45, 2.75) is 38.5 Å². The molecule has 5 rings (SSSR count). The molecule has 0 aromatic heterocycles. The van der Waals surface area contributed by atoms with E-state index < -0.39 is 0 Å². The van der Waals surface area contributed by atoms with Gasteiger partial charge in [-0.25, -0.2) is 0 Å². The number of anilines is 1. The minimum absolute atomic E-state index is 0.0760. The van der Waals surface area contributed by atoms with Crippen molar-refractivity contribution in [2.75, 3.05) is 26.1 Å². The molecule has 0 saturated heterocycles. The fourth-order valence-electron chi connectivity index (χ4n) is 5.87. The normalized spacial score (nSPS) is 19.6. The summed E-state index contributed by atoms with van der Waals surface area (Å²) in [7, 11) is 6.06. The molecule has 3 nitrogen and oxygen atoms in total. The zero-order valence-corrected chi connectivity index (χ0v) is 20.7. The quantitative estimate of drug-likeness (QED) is 0.423. The Morgan fingerprint density at radius 3 is 2.45 bits per heavy atom. The van der Waals surface area contributed by atoms with Gasteiger partial charge in [-0.05, 0) is 60.5 Å². The molecule has 3 aromatic carbocycles. The highest BCUT2D eigenvalue weighted by molar-refractivity contribution is 6.07. The summed E-state index contributed by atoms with van der Waals surface area (Å²) in [5, 5.41) is 2.64. The van der Waals surface area contributed by atoms with Crippen LogP contribution in [0.4, 0.5) is 11.4 Å². The number of likely N-dealkylation sites (N-methyl/N-ethyl adjacent to an activating group) is 1. The summed E-state index contributed by atoms with van der Waals surface area (Å²) in [6, 6.07) is 19.6. The second kappa shape index (κ2) is 7.34. The van der Waals surface area contributed by atoms with Gasteiger partial charge in [0.15, 0.2) is 5.71 Å². The molecule has 0 unspecified atom stereocenters. The summed E-state index contributed by atoms with van der Waals surface area (Å²) in [4.78, 5) is 2.30. The van der Waals surface area contributed by atoms with Crippen LogP contribution >= 0.6 is 0 Å². The molecule has 0 radical (unpaired) electrons. The fourth-order valence-corrected chi connectivity index (χ4v) is 5.87. The molecule has 3 aromatic rings. The zero-order chi connectivity index (χ0) is 23.5. The number of methoxy groups -OCH3 is 1. The van der Waals surface area contributed by atoms with Gasteiger partial charge >= 0.3 is 0 Å². The molecule has 2 heterocycles. The summed E-state index contributed by atoms with van der Waals surface area (Å²) in [5.41, 5.74) is 7.67. The average molecular weight is 438 g/mol. The first-order valence-electron chi connectivity index (χ1n) is 11.6. The van der Waals surface area contributed by atoms with Crippen LogP contribution in [0, 0.1) is 0 Å². The Bertz CT molecular complexity index is 1370. The van der Waals surface area contributed by atoms with Crippen molar-refractivity contribution in [3.8, 4) is 5.75 Å². The SMILES string of the molecule is COc1ccc2c(c1)C(C)(C)C(=CC=CC1=[N+](C)c3ccc4ccccc4c3C1(C)C)N2C. The highest BCUT2D eigenvalue weighted by atomic mass is 16.5. The monoisotopic (exact) mass is 437 g/mol. The largest absolute Gasteiger partial charge is 0.497 e. The average Bonchev–Trinajstić information content (AvgIpc) is 3.12. The molecule has 33 heavy (non-hydrogen) atoms. The zero-order valence-electron chi connectivity index (χ0n) is 20.7. The third-order valence-corrected chi connectivity index (χ3v) is 7.64. The molecule has 0 fully saturated rings. The Morgan fingerprint density at radius 2 is 1.70 bits per heavy atom. The van der Waals surface area contributed by atoms with Gasteiger partial charge in [-0.15, -0.1) is 0 Å². The number of ether oxygens (including phenoxy) is 1. The van der Waals surface area contributed by atoms with E-state index in [1.807, 2.05) is 6.07 Å². The lowest BCUT2D eigenvalue weighted by Gasteiger charge is -2.23. The Hall–Kier alpha value is -3.33. The second-order valence-electron chi connectivity index (χ2n) is 10.2. The maximum absolute atomic E-state index is 5.49. The van der Waals surface area contributed by atoms with Gasteiger partial charge in [0.25, 0.3) is 0 Å². The molecule has 0 aliphatic carbocycles. The summed E-state index contributed by atoms with van der Waals surface area (Å²) in [6.07, 6.45) is 6.78. The molecular weight excluding hydrogens is 404 g/mol. The van der Waals surface area contributed by atoms with Gasteiger partial charge in [-0.2, -0.15) is 4.58 Å². The van der Waals surface area contributed by atoms with Crippen molar-refractivity contribution in [1.82, 2.24) is 0 Å². The minimum Gasteiger partial charge on any atom is -0.497 e. The lowest BCUT2D eigenvalue weighted by Crippen LogP contribution is -2.27. The summed E-state index contributed by atoms with van der Waals surface area (Å²) < 4.78 is 7.83. The van der Waals surface area contributed by atoms with Crippen LogP contribution in [0.2, 0.25) is 0 Å². The third-order valence-electron chi connectivity index (χ3n) is 7.64. The van der Waals surface area contributed by atoms with Gasteiger partial charge in [0, 0.05) is 41.6 Å². The van der Waals surface area contributed by atoms with Crippen molar-refractivity contribution in [3.05, 3.63) is 89.6 Å². The highest BCUT2D eigenvalue weighted by Crippen LogP contribution is 2.48. The smallest absolute Gasteiger partial charge is 0.210 e. The lowest BCUT2D eigenvalue weighted by atomic mass is 9.79. The minimum atomic E-state index is -0.0934. The Labute approximate surface area is 197 Å². The number of benzene rings is 3. The van der Waals surface area contributed by atoms with Crippen molar-refractivity contribution >= 4 is 27.9 Å². The Balaban J connectivity index is 1.53. The number of nitrogens with zero attached hydrogens (tertiary/aromatic N) is 2. The molecule has 0 amide bonds. The molecule has 0 saturated carbocycles. The van der Waals surface area contributed by atoms with Gasteiger partial charge in [-0.1, -0.05) is 44.2 Å². The van der Waals surface area contributed by atoms with Gasteiger partial charge in [0.1, 0.15) is 12.8 Å². The second-order valence-corrected chi connectivity index (χ2v) is 10.2. The predicted molar refractivity (Wildman–Crippen MR) is 139 cm³/mol. The number of allylic oxidation sites excluding steroid dienone is 4. The van der Waals surface area contributed by atoms with E-state index in [2.05, 4.69) is 118 Å². The molecule has 0 bridgehead atoms. The maximum atomic E-state index is 5.49. The van der Waals surface area contributed by atoms with E-state index in [1.165, 1.54) is 44.7 Å². The van der Waals surface area contributed by atoms with Crippen molar-refractivity contribution < 1.29 is 9.31 Å². The van der Waals surface area contributed by atoms with Crippen LogP contribution in [0.1, 0.15) is 38.8 Å². The molecule has 0 atom stereocenters. The molecule has 2 aliphatic heterocycles. The van der Waals surface area contributed by atoms with E-state index in [9.17, 15) is 0 Å². The van der Waals surface area contributed by atoms with E-state index in [1.54, 1.807) is 7.11 Å². The molecule has 168 valence electrons. The number of hydrogen-bond donors (Lipinski definition) is 0. The maximum Gasteiger partial charge on any atom is 0.210 e. The van der Waals surface area contributed by atoms with Crippen LogP contribution < -0.4 is 9.64 Å². The summed E-state index contributed by atoms with van der Waals surface area (Å²) in [6.45, 7) is 9.25. The van der Waals surface area contributed by atoms with Gasteiger partial charge in [0.05, 0.1) is 12.5 Å². The van der Waals surface area contributed by atoms with E-state index in [4.69, 9.17) is 4.74 Å². The molecular formula is C30H33N2O+. The number of fused-ring (bicyclic) bond motifs is 4. The lowest BCUT2D eigenvalue weighted by molar-refractivity contribution is -0.401. The fraction of sp³-hybridized carbons (Fsp3) is 0.300. The van der Waals surface area contributed by atoms with Crippen molar-refractivity contribution in [3.63, 3.8) is 0 Å². The van der Waals surface area contributed by atoms with E-state index in [0.29, 0.717) is 0 Å². The highest BCUT2D eigenvalue weighted by Gasteiger charge is 2.44. The molecule has 2 aliphatic rings.